The lowest BCUT2D eigenvalue weighted by Crippen LogP contribution is -2.29. The molecule has 1 aromatic carbocycles. The minimum Gasteiger partial charge on any atom is -0.486 e. The van der Waals surface area contributed by atoms with E-state index in [9.17, 15) is 4.79 Å². The lowest BCUT2D eigenvalue weighted by Gasteiger charge is -2.08. The summed E-state index contributed by atoms with van der Waals surface area (Å²) in [6, 6.07) is 5.78. The Hall–Kier alpha value is -2.05. The van der Waals surface area contributed by atoms with Gasteiger partial charge < -0.3 is 15.0 Å². The normalized spacial score (nSPS) is 15.3. The molecule has 0 unspecified atom stereocenters. The summed E-state index contributed by atoms with van der Waals surface area (Å²) in [6.45, 7) is 2.93. The van der Waals surface area contributed by atoms with Gasteiger partial charge >= 0.3 is 0 Å². The first-order chi connectivity index (χ1) is 12.0. The van der Waals surface area contributed by atoms with Crippen molar-refractivity contribution in [3.8, 4) is 5.75 Å². The van der Waals surface area contributed by atoms with Gasteiger partial charge in [-0.15, -0.1) is 11.3 Å². The predicted molar refractivity (Wildman–Crippen MR) is 98.9 cm³/mol. The molecule has 0 radical (unpaired) electrons. The molecule has 0 spiro atoms. The number of carbonyl (C=O) groups is 1. The number of H-pyrrole nitrogens is 1. The van der Waals surface area contributed by atoms with Crippen molar-refractivity contribution in [2.75, 3.05) is 0 Å². The van der Waals surface area contributed by atoms with Crippen molar-refractivity contribution in [2.45, 2.75) is 32.9 Å². The third kappa shape index (κ3) is 3.50. The topological polar surface area (TPSA) is 67.0 Å². The summed E-state index contributed by atoms with van der Waals surface area (Å²) in [4.78, 5) is 20.4. The number of thiazole rings is 1. The summed E-state index contributed by atoms with van der Waals surface area (Å²) in [5, 5.41) is 4.56. The number of amides is 1. The average molecular weight is 376 g/mol. The summed E-state index contributed by atoms with van der Waals surface area (Å²) in [7, 11) is 0. The summed E-state index contributed by atoms with van der Waals surface area (Å²) >= 11 is 7.87. The Bertz CT molecular complexity index is 916. The number of nitrogens with zero attached hydrogens (tertiary/aromatic N) is 1. The molecule has 5 nitrogen and oxygen atoms in total. The van der Waals surface area contributed by atoms with Crippen LogP contribution in [0, 0.1) is 5.41 Å². The van der Waals surface area contributed by atoms with Crippen LogP contribution in [0.2, 0.25) is 5.02 Å². The molecule has 1 amide bonds. The quantitative estimate of drug-likeness (QED) is 0.676. The van der Waals surface area contributed by atoms with Gasteiger partial charge in [0, 0.05) is 34.3 Å². The molecule has 25 heavy (non-hydrogen) atoms. The van der Waals surface area contributed by atoms with Crippen molar-refractivity contribution < 1.29 is 9.53 Å². The largest absolute Gasteiger partial charge is 0.486 e. The van der Waals surface area contributed by atoms with Crippen LogP contribution in [0.5, 0.6) is 5.75 Å². The van der Waals surface area contributed by atoms with Crippen LogP contribution in [0.1, 0.15) is 30.3 Å². The van der Waals surface area contributed by atoms with E-state index >= 15 is 0 Å². The molecule has 2 aromatic heterocycles. The third-order valence-electron chi connectivity index (χ3n) is 4.57. The van der Waals surface area contributed by atoms with Gasteiger partial charge in [0.1, 0.15) is 12.4 Å². The Morgan fingerprint density at radius 3 is 3.00 bits per heavy atom. The molecule has 0 aliphatic heterocycles. The number of rotatable bonds is 6. The number of hydrogen-bond donors (Lipinski definition) is 2. The van der Waals surface area contributed by atoms with Crippen LogP contribution >= 0.6 is 22.9 Å². The molecule has 2 N–H and O–H groups in total. The molecule has 1 aliphatic rings. The minimum atomic E-state index is -0.160. The maximum Gasteiger partial charge on any atom is 0.226 e. The third-order valence-corrected chi connectivity index (χ3v) is 5.62. The lowest BCUT2D eigenvalue weighted by atomic mass is 10.1. The van der Waals surface area contributed by atoms with Crippen molar-refractivity contribution in [2.24, 2.45) is 5.41 Å². The highest BCUT2D eigenvalue weighted by atomic mass is 35.5. The number of hydrogen-bond acceptors (Lipinski definition) is 4. The first kappa shape index (κ1) is 16.4. The van der Waals surface area contributed by atoms with Gasteiger partial charge in [0.15, 0.2) is 0 Å². The van der Waals surface area contributed by atoms with Crippen molar-refractivity contribution in [3.63, 3.8) is 0 Å². The van der Waals surface area contributed by atoms with Crippen molar-refractivity contribution >= 4 is 39.7 Å². The molecule has 3 aromatic rings. The summed E-state index contributed by atoms with van der Waals surface area (Å²) in [6.07, 6.45) is 3.73. The standard InChI is InChI=1S/C18H18ClN3O2S/c1-18(2-3-18)17(23)21-7-12-4-11-5-14(19)16(6-15(11)22-12)24-9-13-8-20-10-25-13/h4-6,8,10,22H,2-3,7,9H2,1H3,(H,21,23). The SMILES string of the molecule is CC1(C(=O)NCc2cc3cc(Cl)c(OCc4cncs4)cc3[nH]2)CC1. The number of carbonyl (C=O) groups excluding carboxylic acids is 1. The Balaban J connectivity index is 1.47. The predicted octanol–water partition coefficient (Wildman–Crippen LogP) is 4.27. The van der Waals surface area contributed by atoms with E-state index in [2.05, 4.69) is 15.3 Å². The van der Waals surface area contributed by atoms with E-state index in [1.54, 1.807) is 23.0 Å². The second kappa shape index (κ2) is 6.35. The van der Waals surface area contributed by atoms with Crippen LogP contribution < -0.4 is 10.1 Å². The average Bonchev–Trinajstić information content (AvgIpc) is 3.01. The molecule has 1 aliphatic carbocycles. The van der Waals surface area contributed by atoms with Crippen molar-refractivity contribution in [1.29, 1.82) is 0 Å². The molecule has 130 valence electrons. The van der Waals surface area contributed by atoms with Gasteiger partial charge in [0.2, 0.25) is 5.91 Å². The number of fused-ring (bicyclic) bond motifs is 1. The van der Waals surface area contributed by atoms with Gasteiger partial charge in [-0.2, -0.15) is 0 Å². The first-order valence-corrected chi connectivity index (χ1v) is 9.39. The molecule has 1 fully saturated rings. The summed E-state index contributed by atoms with van der Waals surface area (Å²) in [5.41, 5.74) is 3.50. The van der Waals surface area contributed by atoms with E-state index in [0.717, 1.165) is 34.3 Å². The summed E-state index contributed by atoms with van der Waals surface area (Å²) < 4.78 is 5.80. The zero-order valence-corrected chi connectivity index (χ0v) is 15.3. The fourth-order valence-electron chi connectivity index (χ4n) is 2.66. The molecule has 7 heteroatoms. The zero-order valence-electron chi connectivity index (χ0n) is 13.8. The fraction of sp³-hybridized carbons (Fsp3) is 0.333. The lowest BCUT2D eigenvalue weighted by molar-refractivity contribution is -0.125. The van der Waals surface area contributed by atoms with E-state index in [4.69, 9.17) is 16.3 Å². The van der Waals surface area contributed by atoms with E-state index in [0.29, 0.717) is 23.9 Å². The minimum absolute atomic E-state index is 0.123. The van der Waals surface area contributed by atoms with Gasteiger partial charge in [-0.05, 0) is 25.0 Å². The monoisotopic (exact) mass is 375 g/mol. The Kier molecular flexibility index (Phi) is 4.17. The molecule has 0 atom stereocenters. The van der Waals surface area contributed by atoms with Gasteiger partial charge in [0.25, 0.3) is 0 Å². The van der Waals surface area contributed by atoms with Gasteiger partial charge in [-0.1, -0.05) is 18.5 Å². The van der Waals surface area contributed by atoms with Gasteiger partial charge in [0.05, 0.1) is 22.0 Å². The number of benzene rings is 1. The molecule has 1 saturated carbocycles. The van der Waals surface area contributed by atoms with Crippen molar-refractivity contribution in [3.05, 3.63) is 45.5 Å². The maximum absolute atomic E-state index is 12.1. The van der Waals surface area contributed by atoms with E-state index < -0.39 is 0 Å². The molecular weight excluding hydrogens is 358 g/mol. The Morgan fingerprint density at radius 2 is 2.28 bits per heavy atom. The zero-order chi connectivity index (χ0) is 17.4. The Morgan fingerprint density at radius 1 is 1.44 bits per heavy atom. The highest BCUT2D eigenvalue weighted by molar-refractivity contribution is 7.09. The molecule has 2 heterocycles. The van der Waals surface area contributed by atoms with E-state index in [-0.39, 0.29) is 11.3 Å². The highest BCUT2D eigenvalue weighted by Crippen LogP contribution is 2.45. The molecule has 4 rings (SSSR count). The van der Waals surface area contributed by atoms with Gasteiger partial charge in [-0.25, -0.2) is 0 Å². The van der Waals surface area contributed by atoms with Crippen LogP contribution in [0.4, 0.5) is 0 Å². The molecular formula is C18H18ClN3O2S. The van der Waals surface area contributed by atoms with Crippen molar-refractivity contribution in [1.82, 2.24) is 15.3 Å². The highest BCUT2D eigenvalue weighted by Gasteiger charge is 2.44. The second-order valence-electron chi connectivity index (χ2n) is 6.66. The molecule has 0 bridgehead atoms. The number of aromatic amines is 1. The fourth-order valence-corrected chi connectivity index (χ4v) is 3.40. The molecule has 0 saturated heterocycles. The van der Waals surface area contributed by atoms with Crippen LogP contribution in [-0.2, 0) is 17.9 Å². The number of halogens is 1. The number of nitrogens with one attached hydrogen (secondary N) is 2. The van der Waals surface area contributed by atoms with Crippen LogP contribution in [0.15, 0.2) is 29.9 Å². The smallest absolute Gasteiger partial charge is 0.226 e. The van der Waals surface area contributed by atoms with Gasteiger partial charge in [-0.3, -0.25) is 9.78 Å². The van der Waals surface area contributed by atoms with E-state index in [1.165, 1.54) is 0 Å². The Labute approximate surface area is 154 Å². The first-order valence-electron chi connectivity index (χ1n) is 8.13. The maximum atomic E-state index is 12.1. The second-order valence-corrected chi connectivity index (χ2v) is 8.04. The van der Waals surface area contributed by atoms with Crippen LogP contribution in [-0.4, -0.2) is 15.9 Å². The van der Waals surface area contributed by atoms with Crippen LogP contribution in [0.25, 0.3) is 10.9 Å². The number of aromatic nitrogens is 2. The van der Waals surface area contributed by atoms with E-state index in [1.807, 2.05) is 25.1 Å². The number of ether oxygens (including phenoxy) is 1. The summed E-state index contributed by atoms with van der Waals surface area (Å²) in [5.74, 6) is 0.753. The van der Waals surface area contributed by atoms with Crippen LogP contribution in [0.3, 0.4) is 0 Å².